The number of carboxylic acid groups (broad SMARTS) is 1. The van der Waals surface area contributed by atoms with Crippen molar-refractivity contribution >= 4 is 5.97 Å². The molecule has 0 saturated carbocycles. The van der Waals surface area contributed by atoms with Crippen LogP contribution in [0.15, 0.2) is 24.3 Å². The summed E-state index contributed by atoms with van der Waals surface area (Å²) in [7, 11) is 0. The minimum absolute atomic E-state index is 0.0405. The first kappa shape index (κ1) is 12.9. The molecule has 0 aliphatic heterocycles. The van der Waals surface area contributed by atoms with E-state index in [9.17, 15) is 23.1 Å². The van der Waals surface area contributed by atoms with Gasteiger partial charge < -0.3 is 5.11 Å². The van der Waals surface area contributed by atoms with Gasteiger partial charge in [0, 0.05) is 0 Å². The highest BCUT2D eigenvalue weighted by atomic mass is 19.4. The standard InChI is InChI=1S/C13H13F3O2/c14-13(15,16)8-12(11(17)18)7-3-5-9-4-1-2-6-10(9)12/h1-2,4,6H,3,5,7-8H2,(H,17,18). The molecule has 2 nitrogen and oxygen atoms in total. The first-order chi connectivity index (χ1) is 8.35. The van der Waals surface area contributed by atoms with Crippen LogP contribution in [-0.2, 0) is 16.6 Å². The van der Waals surface area contributed by atoms with Gasteiger partial charge in [-0.15, -0.1) is 0 Å². The van der Waals surface area contributed by atoms with Crippen molar-refractivity contribution in [2.45, 2.75) is 37.3 Å². The maximum absolute atomic E-state index is 12.7. The molecule has 1 atom stereocenters. The number of benzene rings is 1. The van der Waals surface area contributed by atoms with Crippen LogP contribution in [0.2, 0.25) is 0 Å². The molecule has 98 valence electrons. The monoisotopic (exact) mass is 258 g/mol. The summed E-state index contributed by atoms with van der Waals surface area (Å²) in [6.07, 6.45) is -4.63. The van der Waals surface area contributed by atoms with Crippen molar-refractivity contribution < 1.29 is 23.1 Å². The topological polar surface area (TPSA) is 37.3 Å². The number of alkyl halides is 3. The Morgan fingerprint density at radius 2 is 2.00 bits per heavy atom. The Morgan fingerprint density at radius 3 is 2.61 bits per heavy atom. The third-order valence-electron chi connectivity index (χ3n) is 3.49. The van der Waals surface area contributed by atoms with Gasteiger partial charge in [-0.25, -0.2) is 0 Å². The van der Waals surface area contributed by atoms with Gasteiger partial charge >= 0.3 is 12.1 Å². The molecule has 1 aliphatic rings. The van der Waals surface area contributed by atoms with Crippen molar-refractivity contribution in [3.8, 4) is 0 Å². The fraction of sp³-hybridized carbons (Fsp3) is 0.462. The summed E-state index contributed by atoms with van der Waals surface area (Å²) in [5.74, 6) is -1.38. The predicted molar refractivity (Wildman–Crippen MR) is 59.4 cm³/mol. The third-order valence-corrected chi connectivity index (χ3v) is 3.49. The molecule has 0 amide bonds. The third kappa shape index (κ3) is 2.21. The van der Waals surface area contributed by atoms with E-state index in [-0.39, 0.29) is 6.42 Å². The Hall–Kier alpha value is -1.52. The van der Waals surface area contributed by atoms with Crippen LogP contribution in [0, 0.1) is 0 Å². The summed E-state index contributed by atoms with van der Waals surface area (Å²) in [5, 5.41) is 9.30. The maximum Gasteiger partial charge on any atom is 0.390 e. The maximum atomic E-state index is 12.7. The molecule has 0 heterocycles. The van der Waals surface area contributed by atoms with Crippen LogP contribution in [0.1, 0.15) is 30.4 Å². The molecule has 2 rings (SSSR count). The van der Waals surface area contributed by atoms with E-state index in [0.717, 1.165) is 5.56 Å². The summed E-state index contributed by atoms with van der Waals surface area (Å²) in [6.45, 7) is 0. The number of aryl methyl sites for hydroxylation is 1. The van der Waals surface area contributed by atoms with Gasteiger partial charge in [0.05, 0.1) is 6.42 Å². The highest BCUT2D eigenvalue weighted by molar-refractivity contribution is 5.82. The number of halogens is 3. The van der Waals surface area contributed by atoms with E-state index in [4.69, 9.17) is 0 Å². The molecular formula is C13H13F3O2. The fourth-order valence-electron chi connectivity index (χ4n) is 2.74. The van der Waals surface area contributed by atoms with Gasteiger partial charge in [0.1, 0.15) is 5.41 Å². The average Bonchev–Trinajstić information content (AvgIpc) is 2.27. The minimum atomic E-state index is -4.48. The second-order valence-corrected chi connectivity index (χ2v) is 4.69. The zero-order chi connectivity index (χ0) is 13.4. The molecule has 0 bridgehead atoms. The quantitative estimate of drug-likeness (QED) is 0.883. The van der Waals surface area contributed by atoms with E-state index in [0.29, 0.717) is 18.4 Å². The molecule has 0 aromatic heterocycles. The number of fused-ring (bicyclic) bond motifs is 1. The normalized spacial score (nSPS) is 23.5. The predicted octanol–water partition coefficient (Wildman–Crippen LogP) is 3.30. The molecule has 0 fully saturated rings. The van der Waals surface area contributed by atoms with E-state index in [1.807, 2.05) is 0 Å². The van der Waals surface area contributed by atoms with Gasteiger partial charge in [-0.3, -0.25) is 4.79 Å². The van der Waals surface area contributed by atoms with Gasteiger partial charge in [0.25, 0.3) is 0 Å². The summed E-state index contributed by atoms with van der Waals surface area (Å²) >= 11 is 0. The number of carbonyl (C=O) groups is 1. The Morgan fingerprint density at radius 1 is 1.33 bits per heavy atom. The number of hydrogen-bond donors (Lipinski definition) is 1. The van der Waals surface area contributed by atoms with Gasteiger partial charge in [0.2, 0.25) is 0 Å². The van der Waals surface area contributed by atoms with Crippen molar-refractivity contribution in [1.29, 1.82) is 0 Å². The van der Waals surface area contributed by atoms with Gasteiger partial charge in [-0.1, -0.05) is 24.3 Å². The first-order valence-corrected chi connectivity index (χ1v) is 5.74. The summed E-state index contributed by atoms with van der Waals surface area (Å²) in [6, 6.07) is 6.54. The Labute approximate surface area is 102 Å². The number of aliphatic carboxylic acids is 1. The van der Waals surface area contributed by atoms with Crippen LogP contribution in [0.5, 0.6) is 0 Å². The zero-order valence-corrected chi connectivity index (χ0v) is 9.63. The SMILES string of the molecule is O=C(O)C1(CC(F)(F)F)CCCc2ccccc21. The molecule has 1 N–H and O–H groups in total. The molecule has 0 saturated heterocycles. The Bertz CT molecular complexity index is 468. The second kappa shape index (κ2) is 4.30. The average molecular weight is 258 g/mol. The van der Waals surface area contributed by atoms with Crippen LogP contribution >= 0.6 is 0 Å². The van der Waals surface area contributed by atoms with Crippen molar-refractivity contribution in [3.63, 3.8) is 0 Å². The number of rotatable bonds is 2. The number of carboxylic acids is 1. The largest absolute Gasteiger partial charge is 0.481 e. The van der Waals surface area contributed by atoms with Crippen LogP contribution in [0.4, 0.5) is 13.2 Å². The van der Waals surface area contributed by atoms with Crippen molar-refractivity contribution in [2.75, 3.05) is 0 Å². The van der Waals surface area contributed by atoms with E-state index in [2.05, 4.69) is 0 Å². The lowest BCUT2D eigenvalue weighted by Crippen LogP contribution is -2.42. The van der Waals surface area contributed by atoms with Crippen LogP contribution in [0.25, 0.3) is 0 Å². The molecular weight excluding hydrogens is 245 g/mol. The Balaban J connectivity index is 2.53. The van der Waals surface area contributed by atoms with Crippen molar-refractivity contribution in [3.05, 3.63) is 35.4 Å². The van der Waals surface area contributed by atoms with Crippen LogP contribution in [0.3, 0.4) is 0 Å². The van der Waals surface area contributed by atoms with E-state index >= 15 is 0 Å². The highest BCUT2D eigenvalue weighted by Gasteiger charge is 2.50. The molecule has 1 unspecified atom stereocenters. The molecule has 0 spiro atoms. The van der Waals surface area contributed by atoms with Crippen molar-refractivity contribution in [1.82, 2.24) is 0 Å². The molecule has 1 aromatic carbocycles. The van der Waals surface area contributed by atoms with Crippen LogP contribution in [-0.4, -0.2) is 17.3 Å². The first-order valence-electron chi connectivity index (χ1n) is 5.74. The Kier molecular flexibility index (Phi) is 3.09. The van der Waals surface area contributed by atoms with E-state index in [1.165, 1.54) is 6.07 Å². The molecule has 1 aromatic rings. The van der Waals surface area contributed by atoms with Gasteiger partial charge in [-0.2, -0.15) is 13.2 Å². The lowest BCUT2D eigenvalue weighted by Gasteiger charge is -2.36. The summed E-state index contributed by atoms with van der Waals surface area (Å²) < 4.78 is 38.0. The summed E-state index contributed by atoms with van der Waals surface area (Å²) in [4.78, 5) is 11.4. The minimum Gasteiger partial charge on any atom is -0.481 e. The van der Waals surface area contributed by atoms with E-state index in [1.54, 1.807) is 18.2 Å². The fourth-order valence-corrected chi connectivity index (χ4v) is 2.74. The van der Waals surface area contributed by atoms with Crippen molar-refractivity contribution in [2.24, 2.45) is 0 Å². The molecule has 1 aliphatic carbocycles. The second-order valence-electron chi connectivity index (χ2n) is 4.69. The zero-order valence-electron chi connectivity index (χ0n) is 9.63. The van der Waals surface area contributed by atoms with E-state index < -0.39 is 24.0 Å². The smallest absolute Gasteiger partial charge is 0.390 e. The molecule has 0 radical (unpaired) electrons. The molecule has 18 heavy (non-hydrogen) atoms. The van der Waals surface area contributed by atoms with Gasteiger partial charge in [-0.05, 0) is 30.4 Å². The van der Waals surface area contributed by atoms with Crippen LogP contribution < -0.4 is 0 Å². The summed E-state index contributed by atoms with van der Waals surface area (Å²) in [5.41, 5.74) is -0.774. The van der Waals surface area contributed by atoms with Gasteiger partial charge in [0.15, 0.2) is 0 Å². The lowest BCUT2D eigenvalue weighted by atomic mass is 9.68. The lowest BCUT2D eigenvalue weighted by molar-refractivity contribution is -0.169. The highest BCUT2D eigenvalue weighted by Crippen LogP contribution is 2.44. The molecule has 5 heteroatoms. The number of hydrogen-bond acceptors (Lipinski definition) is 1.